The molecule has 2 N–H and O–H groups in total. The Hall–Kier alpha value is -3.39. The smallest absolute Gasteiger partial charge is 0.166 e. The molecule has 3 aromatic heterocycles. The van der Waals surface area contributed by atoms with Gasteiger partial charge in [0.25, 0.3) is 0 Å². The predicted molar refractivity (Wildman–Crippen MR) is 121 cm³/mol. The summed E-state index contributed by atoms with van der Waals surface area (Å²) in [5, 5.41) is 9.64. The Morgan fingerprint density at radius 2 is 2.09 bits per heavy atom. The second-order valence-corrected chi connectivity index (χ2v) is 8.24. The summed E-state index contributed by atoms with van der Waals surface area (Å²) >= 11 is 6.61. The first-order valence-electron chi connectivity index (χ1n) is 10.4. The molecule has 7 nitrogen and oxygen atoms in total. The number of rotatable bonds is 1. The SMILES string of the molecule is CCn1nc(Cl)c2c1-c1cnc(N)c(c1)O[C@H](C)c1cc(F)ccc1-c1nn(C)cc1C2. The van der Waals surface area contributed by atoms with Gasteiger partial charge in [-0.25, -0.2) is 9.37 Å². The quantitative estimate of drug-likeness (QED) is 0.449. The minimum atomic E-state index is -0.492. The third kappa shape index (κ3) is 3.31. The van der Waals surface area contributed by atoms with Crippen molar-refractivity contribution >= 4 is 17.4 Å². The minimum Gasteiger partial charge on any atom is -0.482 e. The van der Waals surface area contributed by atoms with Gasteiger partial charge in [0.2, 0.25) is 0 Å². The average molecular weight is 453 g/mol. The summed E-state index contributed by atoms with van der Waals surface area (Å²) in [6, 6.07) is 6.48. The third-order valence-corrected chi connectivity index (χ3v) is 6.04. The van der Waals surface area contributed by atoms with Crippen LogP contribution in [0.2, 0.25) is 5.15 Å². The number of nitrogens with zero attached hydrogens (tertiary/aromatic N) is 5. The normalized spacial score (nSPS) is 15.1. The van der Waals surface area contributed by atoms with Gasteiger partial charge in [0.05, 0.1) is 11.4 Å². The van der Waals surface area contributed by atoms with Gasteiger partial charge in [-0.1, -0.05) is 11.6 Å². The molecule has 0 spiro atoms. The molecule has 0 saturated carbocycles. The van der Waals surface area contributed by atoms with Crippen LogP contribution in [-0.2, 0) is 20.0 Å². The lowest BCUT2D eigenvalue weighted by Crippen LogP contribution is -2.10. The van der Waals surface area contributed by atoms with Gasteiger partial charge in [0.1, 0.15) is 11.9 Å². The lowest BCUT2D eigenvalue weighted by molar-refractivity contribution is 0.227. The second-order valence-electron chi connectivity index (χ2n) is 7.89. The fraction of sp³-hybridized carbons (Fsp3) is 0.261. The Labute approximate surface area is 189 Å². The van der Waals surface area contributed by atoms with Gasteiger partial charge < -0.3 is 10.5 Å². The number of nitrogens with two attached hydrogens (primary N) is 1. The van der Waals surface area contributed by atoms with Gasteiger partial charge in [-0.15, -0.1) is 0 Å². The number of pyridine rings is 1. The van der Waals surface area contributed by atoms with E-state index < -0.39 is 6.10 Å². The van der Waals surface area contributed by atoms with Gasteiger partial charge in [0, 0.05) is 60.2 Å². The maximum atomic E-state index is 14.2. The number of fused-ring (bicyclic) bond motifs is 7. The first-order valence-corrected chi connectivity index (χ1v) is 10.7. The van der Waals surface area contributed by atoms with Crippen LogP contribution in [0.1, 0.15) is 36.6 Å². The molecule has 4 heterocycles. The Kier molecular flexibility index (Phi) is 4.89. The molecule has 0 fully saturated rings. The minimum absolute atomic E-state index is 0.254. The van der Waals surface area contributed by atoms with E-state index in [4.69, 9.17) is 27.2 Å². The summed E-state index contributed by atoms with van der Waals surface area (Å²) in [5.41, 5.74) is 11.8. The maximum Gasteiger partial charge on any atom is 0.166 e. The van der Waals surface area contributed by atoms with E-state index in [1.165, 1.54) is 12.1 Å². The van der Waals surface area contributed by atoms with Crippen LogP contribution in [0.3, 0.4) is 0 Å². The van der Waals surface area contributed by atoms with E-state index in [1.54, 1.807) is 16.9 Å². The zero-order valence-electron chi connectivity index (χ0n) is 17.9. The van der Waals surface area contributed by atoms with Crippen molar-refractivity contribution in [1.29, 1.82) is 0 Å². The van der Waals surface area contributed by atoms with E-state index in [9.17, 15) is 4.39 Å². The van der Waals surface area contributed by atoms with Crippen molar-refractivity contribution in [3.8, 4) is 28.3 Å². The lowest BCUT2D eigenvalue weighted by Gasteiger charge is -2.21. The zero-order valence-corrected chi connectivity index (χ0v) is 18.7. The van der Waals surface area contributed by atoms with Gasteiger partial charge in [-0.2, -0.15) is 10.2 Å². The van der Waals surface area contributed by atoms with Gasteiger partial charge in [-0.05, 0) is 38.1 Å². The molecule has 164 valence electrons. The maximum absolute atomic E-state index is 14.2. The van der Waals surface area contributed by atoms with Crippen LogP contribution in [0, 0.1) is 5.82 Å². The van der Waals surface area contributed by atoms with E-state index >= 15 is 0 Å². The van der Waals surface area contributed by atoms with Crippen molar-refractivity contribution in [2.24, 2.45) is 7.05 Å². The van der Waals surface area contributed by atoms with E-state index in [0.29, 0.717) is 29.4 Å². The molecule has 0 aliphatic carbocycles. The highest BCUT2D eigenvalue weighted by Crippen LogP contribution is 2.39. The number of aryl methyl sites for hydroxylation is 2. The molecule has 5 rings (SSSR count). The topological polar surface area (TPSA) is 83.8 Å². The zero-order chi connectivity index (χ0) is 22.6. The van der Waals surface area contributed by atoms with Crippen LogP contribution < -0.4 is 10.5 Å². The van der Waals surface area contributed by atoms with Gasteiger partial charge >= 0.3 is 0 Å². The predicted octanol–water partition coefficient (Wildman–Crippen LogP) is 4.78. The Morgan fingerprint density at radius 1 is 1.28 bits per heavy atom. The summed E-state index contributed by atoms with van der Waals surface area (Å²) in [6.07, 6.45) is 3.66. The molecule has 0 radical (unpaired) electrons. The number of ether oxygens (including phenoxy) is 1. The molecule has 0 amide bonds. The monoisotopic (exact) mass is 452 g/mol. The van der Waals surface area contributed by atoms with E-state index in [1.807, 2.05) is 37.8 Å². The van der Waals surface area contributed by atoms with Crippen LogP contribution in [0.5, 0.6) is 5.75 Å². The van der Waals surface area contributed by atoms with Crippen molar-refractivity contribution in [2.45, 2.75) is 32.9 Å². The number of benzene rings is 1. The van der Waals surface area contributed by atoms with Crippen molar-refractivity contribution < 1.29 is 9.13 Å². The van der Waals surface area contributed by atoms with Crippen molar-refractivity contribution in [2.75, 3.05) is 5.73 Å². The van der Waals surface area contributed by atoms with Crippen LogP contribution >= 0.6 is 11.6 Å². The van der Waals surface area contributed by atoms with Crippen molar-refractivity contribution in [1.82, 2.24) is 24.5 Å². The van der Waals surface area contributed by atoms with Crippen LogP contribution in [-0.4, -0.2) is 24.5 Å². The summed E-state index contributed by atoms with van der Waals surface area (Å²) in [7, 11) is 1.86. The number of hydrogen-bond acceptors (Lipinski definition) is 5. The van der Waals surface area contributed by atoms with E-state index in [-0.39, 0.29) is 11.6 Å². The molecule has 1 atom stereocenters. The molecular formula is C23H22ClFN6O. The highest BCUT2D eigenvalue weighted by Gasteiger charge is 2.26. The van der Waals surface area contributed by atoms with Crippen molar-refractivity contribution in [3.05, 3.63) is 64.3 Å². The van der Waals surface area contributed by atoms with Crippen LogP contribution in [0.25, 0.3) is 22.5 Å². The number of hydrogen-bond donors (Lipinski definition) is 1. The van der Waals surface area contributed by atoms with E-state index in [2.05, 4.69) is 10.1 Å². The second kappa shape index (κ2) is 7.63. The number of aromatic nitrogens is 5. The summed E-state index contributed by atoms with van der Waals surface area (Å²) in [5.74, 6) is 0.320. The first-order chi connectivity index (χ1) is 15.4. The highest BCUT2D eigenvalue weighted by molar-refractivity contribution is 6.30. The highest BCUT2D eigenvalue weighted by atomic mass is 35.5. The molecule has 1 aliphatic heterocycles. The molecule has 0 saturated heterocycles. The molecule has 2 bridgehead atoms. The molecule has 1 aromatic carbocycles. The fourth-order valence-electron chi connectivity index (χ4n) is 4.28. The average Bonchev–Trinajstić information content (AvgIpc) is 3.28. The fourth-order valence-corrected chi connectivity index (χ4v) is 4.53. The summed E-state index contributed by atoms with van der Waals surface area (Å²) in [6.45, 7) is 4.50. The Morgan fingerprint density at radius 3 is 2.88 bits per heavy atom. The molecule has 0 unspecified atom stereocenters. The molecule has 32 heavy (non-hydrogen) atoms. The largest absolute Gasteiger partial charge is 0.482 e. The number of halogens is 2. The Bertz CT molecular complexity index is 1340. The molecular weight excluding hydrogens is 431 g/mol. The van der Waals surface area contributed by atoms with Crippen molar-refractivity contribution in [3.63, 3.8) is 0 Å². The van der Waals surface area contributed by atoms with E-state index in [0.717, 1.165) is 33.6 Å². The van der Waals surface area contributed by atoms with Gasteiger partial charge in [0.15, 0.2) is 16.7 Å². The molecule has 9 heteroatoms. The first kappa shape index (κ1) is 20.5. The third-order valence-electron chi connectivity index (χ3n) is 5.74. The standard InChI is InChI=1S/C23H22ClFN6O/c1-4-31-21-13-8-19(23(26)27-10-13)32-12(2)17-9-15(25)5-6-16(17)20-14(11-30(3)28-20)7-18(21)22(24)29-31/h5-6,8-12H,4,7H2,1-3H3,(H2,26,27)/t12-/m1/s1. The number of anilines is 1. The summed E-state index contributed by atoms with van der Waals surface area (Å²) in [4.78, 5) is 4.35. The Balaban J connectivity index is 1.84. The van der Waals surface area contributed by atoms with Crippen LogP contribution in [0.15, 0.2) is 36.7 Å². The summed E-state index contributed by atoms with van der Waals surface area (Å²) < 4.78 is 24.1. The number of nitrogen functional groups attached to an aromatic ring is 1. The van der Waals surface area contributed by atoms with Gasteiger partial charge in [-0.3, -0.25) is 9.36 Å². The lowest BCUT2D eigenvalue weighted by atomic mass is 9.94. The van der Waals surface area contributed by atoms with Crippen LogP contribution in [0.4, 0.5) is 10.2 Å². The molecule has 1 aliphatic rings. The molecule has 4 aromatic rings.